The third-order valence-corrected chi connectivity index (χ3v) is 7.66. The summed E-state index contributed by atoms with van der Waals surface area (Å²) in [5, 5.41) is 2.86. The lowest BCUT2D eigenvalue weighted by molar-refractivity contribution is -0.140. The van der Waals surface area contributed by atoms with Gasteiger partial charge in [-0.05, 0) is 40.5 Å². The lowest BCUT2D eigenvalue weighted by Crippen LogP contribution is -2.56. The van der Waals surface area contributed by atoms with Gasteiger partial charge in [0.1, 0.15) is 12.6 Å². The van der Waals surface area contributed by atoms with Crippen molar-refractivity contribution in [2.24, 2.45) is 11.8 Å². The molecule has 0 fully saturated rings. The van der Waals surface area contributed by atoms with Gasteiger partial charge < -0.3 is 19.7 Å². The molecule has 0 radical (unpaired) electrons. The minimum atomic E-state index is -0.688. The Morgan fingerprint density at radius 3 is 1.97 bits per heavy atom. The van der Waals surface area contributed by atoms with Crippen LogP contribution in [-0.2, 0) is 14.3 Å². The van der Waals surface area contributed by atoms with E-state index in [2.05, 4.69) is 50.4 Å². The van der Waals surface area contributed by atoms with Crippen LogP contribution in [0.1, 0.15) is 64.5 Å². The summed E-state index contributed by atoms with van der Waals surface area (Å²) in [6.07, 6.45) is 1.08. The lowest BCUT2D eigenvalue weighted by atomic mass is 9.90. The molecule has 196 valence electrons. The predicted molar refractivity (Wildman–Crippen MR) is 144 cm³/mol. The van der Waals surface area contributed by atoms with Crippen LogP contribution in [-0.4, -0.2) is 55.9 Å². The molecule has 0 unspecified atom stereocenters. The maximum Gasteiger partial charge on any atom is 0.407 e. The molecule has 4 atom stereocenters. The van der Waals surface area contributed by atoms with Crippen LogP contribution in [0.4, 0.5) is 4.79 Å². The topological polar surface area (TPSA) is 67.9 Å². The summed E-state index contributed by atoms with van der Waals surface area (Å²) in [6.45, 7) is 10.4. The standard InChI is InChI=1S/C30H42N2O4/c1-8-20(5)28(26(9-2)35-7)32(6)29(33)27(19(3)4)31-30(34)36-18-25-23-16-12-10-14-21(23)22-15-11-13-17-24(22)25/h10-17,19-20,25-28H,8-9,18H2,1-7H3,(H,31,34)/t20-,26+,27-,28-/m0/s1. The average molecular weight is 495 g/mol. The van der Waals surface area contributed by atoms with Crippen LogP contribution in [0.3, 0.4) is 0 Å². The van der Waals surface area contributed by atoms with Gasteiger partial charge in [0.25, 0.3) is 0 Å². The summed E-state index contributed by atoms with van der Waals surface area (Å²) in [7, 11) is 3.51. The van der Waals surface area contributed by atoms with E-state index in [-0.39, 0.29) is 42.4 Å². The van der Waals surface area contributed by atoms with E-state index in [0.717, 1.165) is 24.0 Å². The normalized spacial score (nSPS) is 16.0. The van der Waals surface area contributed by atoms with Gasteiger partial charge in [-0.15, -0.1) is 0 Å². The maximum atomic E-state index is 13.6. The van der Waals surface area contributed by atoms with Gasteiger partial charge in [-0.2, -0.15) is 0 Å². The number of nitrogens with one attached hydrogen (secondary N) is 1. The second-order valence-corrected chi connectivity index (χ2v) is 10.2. The van der Waals surface area contributed by atoms with Crippen molar-refractivity contribution in [3.8, 4) is 11.1 Å². The number of ether oxygens (including phenoxy) is 2. The largest absolute Gasteiger partial charge is 0.449 e. The first-order valence-corrected chi connectivity index (χ1v) is 13.2. The van der Waals surface area contributed by atoms with Gasteiger partial charge in [-0.1, -0.05) is 89.6 Å². The van der Waals surface area contributed by atoms with Gasteiger partial charge in [0, 0.05) is 20.1 Å². The first kappa shape index (κ1) is 27.7. The molecule has 2 amide bonds. The van der Waals surface area contributed by atoms with E-state index in [9.17, 15) is 9.59 Å². The summed E-state index contributed by atoms with van der Waals surface area (Å²) in [5.41, 5.74) is 4.67. The molecule has 2 aromatic carbocycles. The first-order valence-electron chi connectivity index (χ1n) is 13.2. The number of nitrogens with zero attached hydrogens (tertiary/aromatic N) is 1. The smallest absolute Gasteiger partial charge is 0.407 e. The molecule has 1 N–H and O–H groups in total. The Labute approximate surface area is 216 Å². The molecule has 6 nitrogen and oxygen atoms in total. The highest BCUT2D eigenvalue weighted by molar-refractivity contribution is 5.86. The highest BCUT2D eigenvalue weighted by Gasteiger charge is 2.36. The quantitative estimate of drug-likeness (QED) is 0.426. The summed E-state index contributed by atoms with van der Waals surface area (Å²) < 4.78 is 11.4. The van der Waals surface area contributed by atoms with Crippen LogP contribution in [0.2, 0.25) is 0 Å². The molecule has 0 aromatic heterocycles. The Bertz CT molecular complexity index is 988. The van der Waals surface area contributed by atoms with Crippen molar-refractivity contribution in [2.75, 3.05) is 20.8 Å². The van der Waals surface area contributed by atoms with Crippen LogP contribution < -0.4 is 5.32 Å². The molecule has 3 rings (SSSR count). The number of fused-ring (bicyclic) bond motifs is 3. The second-order valence-electron chi connectivity index (χ2n) is 10.2. The molecule has 0 saturated carbocycles. The lowest BCUT2D eigenvalue weighted by Gasteiger charge is -2.39. The molecule has 0 saturated heterocycles. The molecular formula is C30H42N2O4. The van der Waals surface area contributed by atoms with Crippen molar-refractivity contribution in [2.45, 2.75) is 71.6 Å². The van der Waals surface area contributed by atoms with E-state index in [1.165, 1.54) is 11.1 Å². The van der Waals surface area contributed by atoms with Crippen molar-refractivity contribution >= 4 is 12.0 Å². The molecule has 0 spiro atoms. The molecular weight excluding hydrogens is 452 g/mol. The molecule has 2 aromatic rings. The zero-order valence-corrected chi connectivity index (χ0v) is 22.8. The van der Waals surface area contributed by atoms with E-state index in [1.807, 2.05) is 45.2 Å². The van der Waals surface area contributed by atoms with Crippen LogP contribution >= 0.6 is 0 Å². The number of benzene rings is 2. The maximum absolute atomic E-state index is 13.6. The van der Waals surface area contributed by atoms with Crippen LogP contribution in [0.25, 0.3) is 11.1 Å². The van der Waals surface area contributed by atoms with Gasteiger partial charge in [0.05, 0.1) is 12.1 Å². The second kappa shape index (κ2) is 12.4. The summed E-state index contributed by atoms with van der Waals surface area (Å²) in [5.74, 6) is 0.00638. The highest BCUT2D eigenvalue weighted by atomic mass is 16.5. The summed E-state index contributed by atoms with van der Waals surface area (Å²) >= 11 is 0. The number of carbonyl (C=O) groups excluding carboxylic acids is 2. The van der Waals surface area contributed by atoms with E-state index in [0.29, 0.717) is 0 Å². The molecule has 0 aliphatic heterocycles. The van der Waals surface area contributed by atoms with Crippen molar-refractivity contribution in [1.29, 1.82) is 0 Å². The number of amides is 2. The van der Waals surface area contributed by atoms with Gasteiger partial charge >= 0.3 is 6.09 Å². The summed E-state index contributed by atoms with van der Waals surface area (Å²) in [4.78, 5) is 28.3. The number of carbonyl (C=O) groups is 2. The third-order valence-electron chi connectivity index (χ3n) is 7.66. The minimum Gasteiger partial charge on any atom is -0.449 e. The molecule has 1 aliphatic carbocycles. The van der Waals surface area contributed by atoms with E-state index < -0.39 is 12.1 Å². The van der Waals surface area contributed by atoms with Gasteiger partial charge in [0.2, 0.25) is 5.91 Å². The summed E-state index contributed by atoms with van der Waals surface area (Å²) in [6, 6.07) is 15.7. The fourth-order valence-corrected chi connectivity index (χ4v) is 5.43. The first-order chi connectivity index (χ1) is 17.2. The Kier molecular flexibility index (Phi) is 9.55. The fourth-order valence-electron chi connectivity index (χ4n) is 5.43. The number of rotatable bonds is 11. The van der Waals surface area contributed by atoms with Crippen LogP contribution in [0, 0.1) is 11.8 Å². The van der Waals surface area contributed by atoms with E-state index in [1.54, 1.807) is 12.0 Å². The van der Waals surface area contributed by atoms with Crippen molar-refractivity contribution in [3.05, 3.63) is 59.7 Å². The SMILES string of the molecule is CC[C@H](C)[C@@H]([C@@H](CC)OC)N(C)C(=O)[C@@H](NC(=O)OCC1c2ccccc2-c2ccccc21)C(C)C. The minimum absolute atomic E-state index is 0.0270. The number of alkyl carbamates (subject to hydrolysis) is 1. The zero-order valence-electron chi connectivity index (χ0n) is 22.8. The predicted octanol–water partition coefficient (Wildman–Crippen LogP) is 5.85. The number of hydrogen-bond acceptors (Lipinski definition) is 4. The number of likely N-dealkylation sites (N-methyl/N-ethyl adjacent to an activating group) is 1. The molecule has 36 heavy (non-hydrogen) atoms. The van der Waals surface area contributed by atoms with Gasteiger partial charge in [0.15, 0.2) is 0 Å². The molecule has 6 heteroatoms. The van der Waals surface area contributed by atoms with Crippen molar-refractivity contribution in [1.82, 2.24) is 10.2 Å². The molecule has 0 bridgehead atoms. The Balaban J connectivity index is 1.71. The highest BCUT2D eigenvalue weighted by Crippen LogP contribution is 2.44. The van der Waals surface area contributed by atoms with Crippen molar-refractivity contribution in [3.63, 3.8) is 0 Å². The van der Waals surface area contributed by atoms with Gasteiger partial charge in [-0.25, -0.2) is 4.79 Å². The van der Waals surface area contributed by atoms with Crippen LogP contribution in [0.5, 0.6) is 0 Å². The van der Waals surface area contributed by atoms with Crippen molar-refractivity contribution < 1.29 is 19.1 Å². The third kappa shape index (κ3) is 5.75. The fraction of sp³-hybridized carbons (Fsp3) is 0.533. The number of hydrogen-bond donors (Lipinski definition) is 1. The molecule has 1 aliphatic rings. The van der Waals surface area contributed by atoms with E-state index in [4.69, 9.17) is 9.47 Å². The average Bonchev–Trinajstić information content (AvgIpc) is 3.21. The Hall–Kier alpha value is -2.86. The Morgan fingerprint density at radius 1 is 0.944 bits per heavy atom. The van der Waals surface area contributed by atoms with E-state index >= 15 is 0 Å². The molecule has 0 heterocycles. The number of methoxy groups -OCH3 is 1. The monoisotopic (exact) mass is 494 g/mol. The van der Waals surface area contributed by atoms with Gasteiger partial charge in [-0.3, -0.25) is 4.79 Å². The zero-order chi connectivity index (χ0) is 26.4. The Morgan fingerprint density at radius 2 is 1.50 bits per heavy atom. The van der Waals surface area contributed by atoms with Crippen LogP contribution in [0.15, 0.2) is 48.5 Å².